The second kappa shape index (κ2) is 4.14. The summed E-state index contributed by atoms with van der Waals surface area (Å²) in [5.74, 6) is 0. The summed E-state index contributed by atoms with van der Waals surface area (Å²) >= 11 is 0. The molecule has 0 saturated heterocycles. The predicted octanol–water partition coefficient (Wildman–Crippen LogP) is 1.81. The topological polar surface area (TPSA) is 41.8 Å². The highest BCUT2D eigenvalue weighted by Crippen LogP contribution is 2.13. The first-order chi connectivity index (χ1) is 4.62. The maximum absolute atomic E-state index is 8.01. The number of hydrogen-bond donors (Lipinski definition) is 1. The van der Waals surface area contributed by atoms with Crippen LogP contribution in [0, 0.1) is 6.92 Å². The van der Waals surface area contributed by atoms with Gasteiger partial charge in [0, 0.05) is 0 Å². The van der Waals surface area contributed by atoms with E-state index in [2.05, 4.69) is 12.1 Å². The third kappa shape index (κ3) is 4.18. The van der Waals surface area contributed by atoms with Crippen molar-refractivity contribution in [2.75, 3.05) is 0 Å². The Morgan fingerprint density at radius 3 is 2.80 bits per heavy atom. The molecule has 0 aliphatic carbocycles. The molecule has 0 bridgehead atoms. The number of nitrogens with zero attached hydrogens (tertiary/aromatic N) is 1. The minimum atomic E-state index is -0.457. The zero-order chi connectivity index (χ0) is 8.04. The molecule has 3 nitrogen and oxygen atoms in total. The molecule has 0 rings (SSSR count). The van der Waals surface area contributed by atoms with Crippen molar-refractivity contribution < 1.29 is 9.94 Å². The molecule has 0 unspecified atom stereocenters. The standard InChI is InChI=1S/C7H14NO2/c1-4-5-7(2,3)10-6-8-9/h6,9H,2,4-5H2,1,3H3/t7-/m0/s1. The van der Waals surface area contributed by atoms with Crippen LogP contribution in [0.4, 0.5) is 0 Å². The van der Waals surface area contributed by atoms with Gasteiger partial charge in [-0.05, 0) is 20.3 Å². The van der Waals surface area contributed by atoms with Crippen LogP contribution in [0.5, 0.6) is 0 Å². The molecule has 0 aliphatic rings. The van der Waals surface area contributed by atoms with Crippen LogP contribution in [-0.2, 0) is 4.74 Å². The monoisotopic (exact) mass is 144 g/mol. The van der Waals surface area contributed by atoms with Crippen molar-refractivity contribution in [1.82, 2.24) is 0 Å². The van der Waals surface area contributed by atoms with Crippen molar-refractivity contribution in [3.05, 3.63) is 6.92 Å². The van der Waals surface area contributed by atoms with Gasteiger partial charge in [-0.2, -0.15) is 0 Å². The molecule has 1 N–H and O–H groups in total. The lowest BCUT2D eigenvalue weighted by Gasteiger charge is -2.21. The molecule has 0 aromatic rings. The molecule has 1 radical (unpaired) electrons. The van der Waals surface area contributed by atoms with Gasteiger partial charge in [0.1, 0.15) is 5.60 Å². The van der Waals surface area contributed by atoms with E-state index in [4.69, 9.17) is 9.94 Å². The van der Waals surface area contributed by atoms with Gasteiger partial charge in [-0.25, -0.2) is 0 Å². The van der Waals surface area contributed by atoms with E-state index >= 15 is 0 Å². The fraction of sp³-hybridized carbons (Fsp3) is 0.714. The molecule has 0 aromatic carbocycles. The van der Waals surface area contributed by atoms with E-state index in [1.54, 1.807) is 0 Å². The highest BCUT2D eigenvalue weighted by molar-refractivity contribution is 5.46. The molecule has 0 fully saturated rings. The van der Waals surface area contributed by atoms with Crippen LogP contribution in [0.15, 0.2) is 5.16 Å². The third-order valence-electron chi connectivity index (χ3n) is 1.16. The molecule has 0 spiro atoms. The van der Waals surface area contributed by atoms with Crippen molar-refractivity contribution in [3.63, 3.8) is 0 Å². The lowest BCUT2D eigenvalue weighted by atomic mass is 10.0. The second-order valence-electron chi connectivity index (χ2n) is 2.54. The minimum Gasteiger partial charge on any atom is -0.475 e. The first-order valence-electron chi connectivity index (χ1n) is 3.31. The minimum absolute atomic E-state index is 0.457. The summed E-state index contributed by atoms with van der Waals surface area (Å²) < 4.78 is 4.97. The lowest BCUT2D eigenvalue weighted by Crippen LogP contribution is -2.23. The Hall–Kier alpha value is -0.730. The van der Waals surface area contributed by atoms with Gasteiger partial charge >= 0.3 is 0 Å². The first-order valence-corrected chi connectivity index (χ1v) is 3.31. The molecular weight excluding hydrogens is 130 g/mol. The number of rotatable bonds is 4. The lowest BCUT2D eigenvalue weighted by molar-refractivity contribution is 0.114. The SMILES string of the molecule is [CH2][C@](C)(CCC)OC=NO. The fourth-order valence-electron chi connectivity index (χ4n) is 0.739. The molecule has 59 valence electrons. The Labute approximate surface area is 61.7 Å². The Morgan fingerprint density at radius 2 is 2.40 bits per heavy atom. The quantitative estimate of drug-likeness (QED) is 0.283. The molecular formula is C7H14NO2. The van der Waals surface area contributed by atoms with Gasteiger partial charge in [-0.1, -0.05) is 18.5 Å². The van der Waals surface area contributed by atoms with Gasteiger partial charge < -0.3 is 9.94 Å². The van der Waals surface area contributed by atoms with Crippen molar-refractivity contribution in [3.8, 4) is 0 Å². The van der Waals surface area contributed by atoms with Crippen molar-refractivity contribution >= 4 is 6.40 Å². The van der Waals surface area contributed by atoms with Crippen LogP contribution >= 0.6 is 0 Å². The van der Waals surface area contributed by atoms with E-state index in [1.807, 2.05) is 13.8 Å². The smallest absolute Gasteiger partial charge is 0.212 e. The summed E-state index contributed by atoms with van der Waals surface area (Å²) in [5.41, 5.74) is -0.457. The number of hydrogen-bond acceptors (Lipinski definition) is 3. The van der Waals surface area contributed by atoms with Gasteiger partial charge in [0.15, 0.2) is 0 Å². The average molecular weight is 144 g/mol. The van der Waals surface area contributed by atoms with Crippen molar-refractivity contribution in [2.24, 2.45) is 5.16 Å². The summed E-state index contributed by atoms with van der Waals surface area (Å²) in [4.78, 5) is 0. The Bertz CT molecular complexity index is 110. The van der Waals surface area contributed by atoms with E-state index < -0.39 is 5.60 Å². The van der Waals surface area contributed by atoms with E-state index in [0.29, 0.717) is 0 Å². The summed E-state index contributed by atoms with van der Waals surface area (Å²) in [6.07, 6.45) is 2.85. The molecule has 0 aliphatic heterocycles. The summed E-state index contributed by atoms with van der Waals surface area (Å²) in [5, 5.41) is 10.7. The summed E-state index contributed by atoms with van der Waals surface area (Å²) in [6.45, 7) is 7.66. The van der Waals surface area contributed by atoms with E-state index in [1.165, 1.54) is 0 Å². The Balaban J connectivity index is 3.62. The maximum Gasteiger partial charge on any atom is 0.212 e. The third-order valence-corrected chi connectivity index (χ3v) is 1.16. The molecule has 0 aromatic heterocycles. The van der Waals surface area contributed by atoms with Crippen molar-refractivity contribution in [2.45, 2.75) is 32.3 Å². The van der Waals surface area contributed by atoms with E-state index in [9.17, 15) is 0 Å². The van der Waals surface area contributed by atoms with Crippen molar-refractivity contribution in [1.29, 1.82) is 0 Å². The zero-order valence-electron chi connectivity index (χ0n) is 6.50. The largest absolute Gasteiger partial charge is 0.475 e. The second-order valence-corrected chi connectivity index (χ2v) is 2.54. The Kier molecular flexibility index (Phi) is 3.84. The molecule has 10 heavy (non-hydrogen) atoms. The van der Waals surface area contributed by atoms with Crippen LogP contribution in [0.1, 0.15) is 26.7 Å². The highest BCUT2D eigenvalue weighted by Gasteiger charge is 2.16. The van der Waals surface area contributed by atoms with Crippen LogP contribution in [0.3, 0.4) is 0 Å². The van der Waals surface area contributed by atoms with Crippen LogP contribution < -0.4 is 0 Å². The number of oxime groups is 1. The number of ether oxygens (including phenoxy) is 1. The summed E-state index contributed by atoms with van der Waals surface area (Å²) in [6, 6.07) is 0. The molecule has 3 heteroatoms. The van der Waals surface area contributed by atoms with E-state index in [-0.39, 0.29) is 0 Å². The van der Waals surface area contributed by atoms with Gasteiger partial charge in [0.2, 0.25) is 6.40 Å². The molecule has 1 atom stereocenters. The van der Waals surface area contributed by atoms with Gasteiger partial charge in [0.05, 0.1) is 0 Å². The molecule has 0 saturated carbocycles. The fourth-order valence-corrected chi connectivity index (χ4v) is 0.739. The van der Waals surface area contributed by atoms with E-state index in [0.717, 1.165) is 19.2 Å². The normalized spacial score (nSPS) is 12.3. The van der Waals surface area contributed by atoms with Gasteiger partial charge in [0.25, 0.3) is 0 Å². The summed E-state index contributed by atoms with van der Waals surface area (Å²) in [7, 11) is 0. The predicted molar refractivity (Wildman–Crippen MR) is 40.0 cm³/mol. The average Bonchev–Trinajstić information content (AvgIpc) is 1.84. The zero-order valence-corrected chi connectivity index (χ0v) is 6.50. The van der Waals surface area contributed by atoms with Crippen LogP contribution in [-0.4, -0.2) is 17.2 Å². The highest BCUT2D eigenvalue weighted by atomic mass is 16.5. The Morgan fingerprint density at radius 1 is 1.80 bits per heavy atom. The molecule has 0 amide bonds. The van der Waals surface area contributed by atoms with Gasteiger partial charge in [-0.15, -0.1) is 0 Å². The van der Waals surface area contributed by atoms with Crippen LogP contribution in [0.25, 0.3) is 0 Å². The van der Waals surface area contributed by atoms with Crippen LogP contribution in [0.2, 0.25) is 0 Å². The molecule has 0 heterocycles. The first kappa shape index (κ1) is 9.27. The maximum atomic E-state index is 8.01. The van der Waals surface area contributed by atoms with Gasteiger partial charge in [-0.3, -0.25) is 0 Å².